The Hall–Kier alpha value is -1.13. The molecule has 1 aromatic carbocycles. The Morgan fingerprint density at radius 2 is 1.89 bits per heavy atom. The Labute approximate surface area is 123 Å². The van der Waals surface area contributed by atoms with E-state index in [-0.39, 0.29) is 0 Å². The molecule has 0 spiro atoms. The molecule has 0 N–H and O–H groups in total. The SMILES string of the molecule is CCc1nn(C)c(CN(C)Cc2ccccc2)c1Br. The summed E-state index contributed by atoms with van der Waals surface area (Å²) in [5.41, 5.74) is 3.69. The van der Waals surface area contributed by atoms with Crippen LogP contribution in [-0.4, -0.2) is 21.7 Å². The maximum absolute atomic E-state index is 4.53. The van der Waals surface area contributed by atoms with Crippen molar-refractivity contribution < 1.29 is 0 Å². The first-order valence-electron chi connectivity index (χ1n) is 6.54. The molecule has 0 bridgehead atoms. The van der Waals surface area contributed by atoms with Gasteiger partial charge in [-0.05, 0) is 35.0 Å². The number of aromatic nitrogens is 2. The Morgan fingerprint density at radius 1 is 1.21 bits per heavy atom. The number of hydrogen-bond donors (Lipinski definition) is 0. The molecule has 0 aliphatic carbocycles. The quantitative estimate of drug-likeness (QED) is 0.841. The Kier molecular flexibility index (Phi) is 4.77. The summed E-state index contributed by atoms with van der Waals surface area (Å²) in [5, 5.41) is 4.53. The lowest BCUT2D eigenvalue weighted by Crippen LogP contribution is -2.19. The molecule has 0 unspecified atom stereocenters. The van der Waals surface area contributed by atoms with Crippen LogP contribution in [0.15, 0.2) is 34.8 Å². The summed E-state index contributed by atoms with van der Waals surface area (Å²) in [5.74, 6) is 0. The second-order valence-electron chi connectivity index (χ2n) is 4.84. The molecule has 0 amide bonds. The van der Waals surface area contributed by atoms with Gasteiger partial charge in [-0.15, -0.1) is 0 Å². The van der Waals surface area contributed by atoms with Crippen molar-refractivity contribution in [3.8, 4) is 0 Å². The van der Waals surface area contributed by atoms with Crippen molar-refractivity contribution in [3.05, 3.63) is 51.8 Å². The Bertz CT molecular complexity index is 534. The monoisotopic (exact) mass is 321 g/mol. The number of nitrogens with zero attached hydrogens (tertiary/aromatic N) is 3. The Morgan fingerprint density at radius 3 is 2.47 bits per heavy atom. The number of aryl methyl sites for hydroxylation is 2. The van der Waals surface area contributed by atoms with Crippen molar-refractivity contribution in [2.24, 2.45) is 7.05 Å². The lowest BCUT2D eigenvalue weighted by atomic mass is 10.2. The first-order chi connectivity index (χ1) is 9.11. The molecule has 0 atom stereocenters. The summed E-state index contributed by atoms with van der Waals surface area (Å²) in [7, 11) is 4.15. The van der Waals surface area contributed by atoms with Crippen LogP contribution in [0.25, 0.3) is 0 Å². The van der Waals surface area contributed by atoms with E-state index in [0.717, 1.165) is 29.7 Å². The molecule has 3 nitrogen and oxygen atoms in total. The minimum atomic E-state index is 0.888. The minimum Gasteiger partial charge on any atom is -0.296 e. The lowest BCUT2D eigenvalue weighted by Gasteiger charge is -2.17. The van der Waals surface area contributed by atoms with Gasteiger partial charge in [0.25, 0.3) is 0 Å². The van der Waals surface area contributed by atoms with Crippen molar-refractivity contribution in [1.29, 1.82) is 0 Å². The van der Waals surface area contributed by atoms with Gasteiger partial charge >= 0.3 is 0 Å². The first kappa shape index (κ1) is 14.3. The molecule has 2 rings (SSSR count). The fourth-order valence-electron chi connectivity index (χ4n) is 2.20. The zero-order valence-corrected chi connectivity index (χ0v) is 13.3. The molecule has 1 aromatic heterocycles. The second kappa shape index (κ2) is 6.35. The van der Waals surface area contributed by atoms with E-state index in [4.69, 9.17) is 0 Å². The van der Waals surface area contributed by atoms with Gasteiger partial charge in [-0.25, -0.2) is 0 Å². The van der Waals surface area contributed by atoms with Crippen LogP contribution in [0.3, 0.4) is 0 Å². The van der Waals surface area contributed by atoms with Crippen molar-refractivity contribution >= 4 is 15.9 Å². The van der Waals surface area contributed by atoms with Crippen LogP contribution >= 0.6 is 15.9 Å². The predicted octanol–water partition coefficient (Wildman–Crippen LogP) is 3.38. The molecule has 0 saturated heterocycles. The molecule has 1 heterocycles. The van der Waals surface area contributed by atoms with Crippen LogP contribution in [-0.2, 0) is 26.6 Å². The third kappa shape index (κ3) is 3.45. The molecule has 0 aliphatic rings. The molecule has 0 radical (unpaired) electrons. The third-order valence-corrected chi connectivity index (χ3v) is 4.13. The fraction of sp³-hybridized carbons (Fsp3) is 0.400. The first-order valence-corrected chi connectivity index (χ1v) is 7.33. The average Bonchev–Trinajstić information content (AvgIpc) is 2.67. The average molecular weight is 322 g/mol. The summed E-state index contributed by atoms with van der Waals surface area (Å²) in [4.78, 5) is 2.30. The molecule has 0 saturated carbocycles. The summed E-state index contributed by atoms with van der Waals surface area (Å²) in [6, 6.07) is 10.5. The molecule has 0 fully saturated rings. The summed E-state index contributed by atoms with van der Waals surface area (Å²) < 4.78 is 3.13. The van der Waals surface area contributed by atoms with Crippen LogP contribution in [0.1, 0.15) is 23.9 Å². The van der Waals surface area contributed by atoms with E-state index in [1.54, 1.807) is 0 Å². The molecule has 0 aliphatic heterocycles. The molecule has 102 valence electrons. The molecular weight excluding hydrogens is 302 g/mol. The predicted molar refractivity (Wildman–Crippen MR) is 81.9 cm³/mol. The summed E-state index contributed by atoms with van der Waals surface area (Å²) in [6.45, 7) is 3.96. The van der Waals surface area contributed by atoms with Gasteiger partial charge in [0.1, 0.15) is 0 Å². The van der Waals surface area contributed by atoms with E-state index in [9.17, 15) is 0 Å². The number of rotatable bonds is 5. The fourth-order valence-corrected chi connectivity index (χ4v) is 2.94. The molecule has 4 heteroatoms. The van der Waals surface area contributed by atoms with Crippen LogP contribution < -0.4 is 0 Å². The molecule has 2 aromatic rings. The van der Waals surface area contributed by atoms with Crippen LogP contribution in [0.5, 0.6) is 0 Å². The van der Waals surface area contributed by atoms with E-state index in [1.807, 2.05) is 11.7 Å². The van der Waals surface area contributed by atoms with Gasteiger partial charge in [0.15, 0.2) is 0 Å². The van der Waals surface area contributed by atoms with Crippen LogP contribution in [0.4, 0.5) is 0 Å². The smallest absolute Gasteiger partial charge is 0.0767 e. The van der Waals surface area contributed by atoms with Gasteiger partial charge in [-0.2, -0.15) is 5.10 Å². The Balaban J connectivity index is 2.07. The van der Waals surface area contributed by atoms with E-state index < -0.39 is 0 Å². The lowest BCUT2D eigenvalue weighted by molar-refractivity contribution is 0.309. The highest BCUT2D eigenvalue weighted by Gasteiger charge is 2.14. The van der Waals surface area contributed by atoms with Gasteiger partial charge in [-0.1, -0.05) is 37.3 Å². The van der Waals surface area contributed by atoms with Crippen LogP contribution in [0.2, 0.25) is 0 Å². The summed E-state index contributed by atoms with van der Waals surface area (Å²) in [6.07, 6.45) is 0.955. The number of halogens is 1. The normalized spacial score (nSPS) is 11.2. The van der Waals surface area contributed by atoms with Gasteiger partial charge in [-0.3, -0.25) is 9.58 Å². The maximum Gasteiger partial charge on any atom is 0.0767 e. The molecular formula is C15H20BrN3. The van der Waals surface area contributed by atoms with E-state index >= 15 is 0 Å². The van der Waals surface area contributed by atoms with Crippen molar-refractivity contribution in [2.75, 3.05) is 7.05 Å². The van der Waals surface area contributed by atoms with Crippen molar-refractivity contribution in [3.63, 3.8) is 0 Å². The second-order valence-corrected chi connectivity index (χ2v) is 5.64. The van der Waals surface area contributed by atoms with Crippen molar-refractivity contribution in [1.82, 2.24) is 14.7 Å². The van der Waals surface area contributed by atoms with Gasteiger partial charge in [0, 0.05) is 20.1 Å². The zero-order chi connectivity index (χ0) is 13.8. The molecule has 19 heavy (non-hydrogen) atoms. The highest BCUT2D eigenvalue weighted by atomic mass is 79.9. The van der Waals surface area contributed by atoms with Gasteiger partial charge in [0.2, 0.25) is 0 Å². The maximum atomic E-state index is 4.53. The topological polar surface area (TPSA) is 21.1 Å². The largest absolute Gasteiger partial charge is 0.296 e. The standard InChI is InChI=1S/C15H20BrN3/c1-4-13-15(16)14(19(3)17-13)11-18(2)10-12-8-6-5-7-9-12/h5-9H,4,10-11H2,1-3H3. The third-order valence-electron chi connectivity index (χ3n) is 3.22. The van der Waals surface area contributed by atoms with E-state index in [1.165, 1.54) is 11.3 Å². The van der Waals surface area contributed by atoms with Crippen LogP contribution in [0, 0.1) is 0 Å². The number of hydrogen-bond acceptors (Lipinski definition) is 2. The number of benzene rings is 1. The van der Waals surface area contributed by atoms with E-state index in [0.29, 0.717) is 0 Å². The highest BCUT2D eigenvalue weighted by Crippen LogP contribution is 2.23. The highest BCUT2D eigenvalue weighted by molar-refractivity contribution is 9.10. The van der Waals surface area contributed by atoms with Crippen molar-refractivity contribution in [2.45, 2.75) is 26.4 Å². The zero-order valence-electron chi connectivity index (χ0n) is 11.7. The van der Waals surface area contributed by atoms with E-state index in [2.05, 4.69) is 70.2 Å². The van der Waals surface area contributed by atoms with Gasteiger partial charge in [0.05, 0.1) is 15.9 Å². The minimum absolute atomic E-state index is 0.888. The van der Waals surface area contributed by atoms with Gasteiger partial charge < -0.3 is 0 Å². The summed E-state index contributed by atoms with van der Waals surface area (Å²) >= 11 is 3.67.